The molecule has 122 valence electrons. The molecule has 0 bridgehead atoms. The molecule has 0 unspecified atom stereocenters. The quantitative estimate of drug-likeness (QED) is 0.433. The highest BCUT2D eigenvalue weighted by molar-refractivity contribution is 5.86. The van der Waals surface area contributed by atoms with Crippen molar-refractivity contribution >= 4 is 11.8 Å². The molecular weight excluding hydrogens is 272 g/mol. The number of aliphatic hydroxyl groups is 2. The first-order chi connectivity index (χ1) is 9.85. The van der Waals surface area contributed by atoms with Crippen molar-refractivity contribution in [1.29, 1.82) is 0 Å². The van der Waals surface area contributed by atoms with Gasteiger partial charge in [-0.15, -0.1) is 6.58 Å². The van der Waals surface area contributed by atoms with Crippen LogP contribution in [-0.2, 0) is 9.59 Å². The molecule has 0 aromatic heterocycles. The van der Waals surface area contributed by atoms with Gasteiger partial charge in [-0.3, -0.25) is 9.59 Å². The van der Waals surface area contributed by atoms with Gasteiger partial charge in [-0.2, -0.15) is 0 Å². The summed E-state index contributed by atoms with van der Waals surface area (Å²) in [6.07, 6.45) is 2.00. The predicted molar refractivity (Wildman–Crippen MR) is 81.5 cm³/mol. The maximum Gasteiger partial charge on any atom is 0.224 e. The van der Waals surface area contributed by atoms with Gasteiger partial charge in [-0.05, 0) is 19.3 Å². The Hall–Kier alpha value is -1.40. The van der Waals surface area contributed by atoms with E-state index >= 15 is 0 Å². The van der Waals surface area contributed by atoms with Crippen molar-refractivity contribution in [2.24, 2.45) is 11.8 Å². The molecule has 0 aliphatic carbocycles. The lowest BCUT2D eigenvalue weighted by Gasteiger charge is -2.23. The summed E-state index contributed by atoms with van der Waals surface area (Å²) >= 11 is 0. The minimum absolute atomic E-state index is 0.0262. The average Bonchev–Trinajstić information content (AvgIpc) is 2.43. The van der Waals surface area contributed by atoms with Gasteiger partial charge in [-0.1, -0.05) is 19.9 Å². The van der Waals surface area contributed by atoms with Crippen LogP contribution < -0.4 is 10.6 Å². The average molecular weight is 300 g/mol. The van der Waals surface area contributed by atoms with Crippen molar-refractivity contribution in [2.45, 2.75) is 45.7 Å². The summed E-state index contributed by atoms with van der Waals surface area (Å²) in [5, 5.41) is 23.5. The van der Waals surface area contributed by atoms with Crippen molar-refractivity contribution in [2.75, 3.05) is 13.2 Å². The third-order valence-corrected chi connectivity index (χ3v) is 3.26. The van der Waals surface area contributed by atoms with Gasteiger partial charge in [0.05, 0.1) is 25.2 Å². The van der Waals surface area contributed by atoms with Crippen molar-refractivity contribution in [3.8, 4) is 0 Å². The van der Waals surface area contributed by atoms with Gasteiger partial charge in [0.25, 0.3) is 0 Å². The summed E-state index contributed by atoms with van der Waals surface area (Å²) in [7, 11) is 0. The number of carbonyl (C=O) groups is 2. The Morgan fingerprint density at radius 3 is 2.19 bits per heavy atom. The summed E-state index contributed by atoms with van der Waals surface area (Å²) in [6, 6.07) is -0.671. The molecule has 21 heavy (non-hydrogen) atoms. The third-order valence-electron chi connectivity index (χ3n) is 3.26. The fraction of sp³-hybridized carbons (Fsp3) is 0.733. The smallest absolute Gasteiger partial charge is 0.224 e. The van der Waals surface area contributed by atoms with Crippen LogP contribution in [0, 0.1) is 11.8 Å². The highest BCUT2D eigenvalue weighted by Gasteiger charge is 2.24. The Balaban J connectivity index is 4.62. The van der Waals surface area contributed by atoms with Crippen LogP contribution in [0.3, 0.4) is 0 Å². The van der Waals surface area contributed by atoms with Crippen LogP contribution in [0.2, 0.25) is 0 Å². The van der Waals surface area contributed by atoms with Gasteiger partial charge in [0.1, 0.15) is 0 Å². The number of amides is 2. The second kappa shape index (κ2) is 10.3. The fourth-order valence-corrected chi connectivity index (χ4v) is 1.81. The van der Waals surface area contributed by atoms with Crippen molar-refractivity contribution < 1.29 is 19.8 Å². The van der Waals surface area contributed by atoms with Crippen LogP contribution in [-0.4, -0.2) is 47.3 Å². The second-order valence-corrected chi connectivity index (χ2v) is 5.62. The van der Waals surface area contributed by atoms with E-state index in [1.165, 1.54) is 0 Å². The number of hydrogen-bond acceptors (Lipinski definition) is 4. The normalized spacial score (nSPS) is 15.1. The van der Waals surface area contributed by atoms with Gasteiger partial charge >= 0.3 is 0 Å². The van der Waals surface area contributed by atoms with Crippen molar-refractivity contribution in [3.05, 3.63) is 12.7 Å². The van der Waals surface area contributed by atoms with E-state index in [0.29, 0.717) is 6.42 Å². The molecule has 0 spiro atoms. The molecule has 4 N–H and O–H groups in total. The lowest BCUT2D eigenvalue weighted by atomic mass is 9.97. The van der Waals surface area contributed by atoms with Crippen LogP contribution in [0.25, 0.3) is 0 Å². The molecule has 0 aromatic rings. The highest BCUT2D eigenvalue weighted by atomic mass is 16.3. The lowest BCUT2D eigenvalue weighted by molar-refractivity contribution is -0.131. The molecule has 6 nitrogen and oxygen atoms in total. The molecule has 2 amide bonds. The topological polar surface area (TPSA) is 98.7 Å². The molecule has 0 aliphatic heterocycles. The van der Waals surface area contributed by atoms with E-state index in [0.717, 1.165) is 0 Å². The summed E-state index contributed by atoms with van der Waals surface area (Å²) < 4.78 is 0. The fourth-order valence-electron chi connectivity index (χ4n) is 1.81. The number of allylic oxidation sites excluding steroid dienone is 1. The summed E-state index contributed by atoms with van der Waals surface area (Å²) in [6.45, 7) is 8.80. The Labute approximate surface area is 126 Å². The first-order valence-corrected chi connectivity index (χ1v) is 7.28. The van der Waals surface area contributed by atoms with E-state index in [1.54, 1.807) is 13.0 Å². The largest absolute Gasteiger partial charge is 0.394 e. The van der Waals surface area contributed by atoms with Gasteiger partial charge in [0.15, 0.2) is 0 Å². The Kier molecular flexibility index (Phi) is 9.65. The molecule has 0 rings (SSSR count). The van der Waals surface area contributed by atoms with Gasteiger partial charge in [-0.25, -0.2) is 0 Å². The molecule has 0 fully saturated rings. The molecule has 0 heterocycles. The number of hydrogen-bond donors (Lipinski definition) is 4. The maximum atomic E-state index is 12.2. The second-order valence-electron chi connectivity index (χ2n) is 5.62. The molecule has 0 saturated heterocycles. The minimum Gasteiger partial charge on any atom is -0.394 e. The molecule has 0 radical (unpaired) electrons. The maximum absolute atomic E-state index is 12.2. The number of rotatable bonds is 10. The molecule has 6 heteroatoms. The lowest BCUT2D eigenvalue weighted by Crippen LogP contribution is -2.45. The standard InChI is InChI=1S/C15H28N2O4/c1-5-6-12(7-14(20)16-11(4)8-18)15(21)17-13(9-19)10(2)3/h5,10-13,18-19H,1,6-9H2,2-4H3,(H,16,20)(H,17,21)/t11-,12+,13+/m0/s1. The van der Waals surface area contributed by atoms with Gasteiger partial charge in [0, 0.05) is 12.5 Å². The third kappa shape index (κ3) is 7.82. The van der Waals surface area contributed by atoms with Crippen molar-refractivity contribution in [1.82, 2.24) is 10.6 Å². The number of carbonyl (C=O) groups excluding carboxylic acids is 2. The highest BCUT2D eigenvalue weighted by Crippen LogP contribution is 2.12. The van der Waals surface area contributed by atoms with Crippen LogP contribution in [0.15, 0.2) is 12.7 Å². The molecule has 0 saturated carbocycles. The first-order valence-electron chi connectivity index (χ1n) is 7.28. The van der Waals surface area contributed by atoms with Crippen LogP contribution in [0.5, 0.6) is 0 Å². The summed E-state index contributed by atoms with van der Waals surface area (Å²) in [5.74, 6) is -0.981. The van der Waals surface area contributed by atoms with Crippen LogP contribution >= 0.6 is 0 Å². The summed E-state index contributed by atoms with van der Waals surface area (Å²) in [5.41, 5.74) is 0. The van der Waals surface area contributed by atoms with Crippen LogP contribution in [0.1, 0.15) is 33.6 Å². The number of aliphatic hydroxyl groups excluding tert-OH is 2. The predicted octanol–water partition coefficient (Wildman–Crippen LogP) is 0.199. The molecule has 0 aliphatic rings. The van der Waals surface area contributed by atoms with Gasteiger partial charge in [0.2, 0.25) is 11.8 Å². The van der Waals surface area contributed by atoms with E-state index in [1.807, 2.05) is 13.8 Å². The molecule has 3 atom stereocenters. The molecular formula is C15H28N2O4. The summed E-state index contributed by atoms with van der Waals surface area (Å²) in [4.78, 5) is 24.0. The van der Waals surface area contributed by atoms with E-state index in [-0.39, 0.29) is 49.5 Å². The zero-order valence-electron chi connectivity index (χ0n) is 13.1. The first kappa shape index (κ1) is 19.6. The van der Waals surface area contributed by atoms with E-state index in [2.05, 4.69) is 17.2 Å². The zero-order valence-corrected chi connectivity index (χ0v) is 13.1. The van der Waals surface area contributed by atoms with E-state index in [9.17, 15) is 14.7 Å². The number of nitrogens with one attached hydrogen (secondary N) is 2. The van der Waals surface area contributed by atoms with E-state index in [4.69, 9.17) is 5.11 Å². The SMILES string of the molecule is C=CC[C@H](CC(=O)N[C@@H](C)CO)C(=O)N[C@H](CO)C(C)C. The van der Waals surface area contributed by atoms with Crippen LogP contribution in [0.4, 0.5) is 0 Å². The Morgan fingerprint density at radius 1 is 1.14 bits per heavy atom. The minimum atomic E-state index is -0.527. The Bertz CT molecular complexity index is 345. The van der Waals surface area contributed by atoms with Crippen molar-refractivity contribution in [3.63, 3.8) is 0 Å². The van der Waals surface area contributed by atoms with E-state index < -0.39 is 5.92 Å². The molecule has 0 aromatic carbocycles. The Morgan fingerprint density at radius 2 is 1.76 bits per heavy atom. The van der Waals surface area contributed by atoms with Gasteiger partial charge < -0.3 is 20.8 Å². The monoisotopic (exact) mass is 300 g/mol. The zero-order chi connectivity index (χ0) is 16.4.